The molecule has 0 saturated heterocycles. The first-order chi connectivity index (χ1) is 18.2. The van der Waals surface area contributed by atoms with Crippen LogP contribution in [0.3, 0.4) is 0 Å². The van der Waals surface area contributed by atoms with E-state index in [1.54, 1.807) is 70.2 Å². The van der Waals surface area contributed by atoms with E-state index in [4.69, 9.17) is 14.2 Å². The van der Waals surface area contributed by atoms with Crippen molar-refractivity contribution < 1.29 is 42.1 Å². The van der Waals surface area contributed by atoms with E-state index < -0.39 is 52.0 Å². The van der Waals surface area contributed by atoms with Gasteiger partial charge < -0.3 is 30.0 Å². The lowest BCUT2D eigenvalue weighted by Crippen LogP contribution is -2.52. The molecule has 2 aromatic carbocycles. The van der Waals surface area contributed by atoms with E-state index in [-0.39, 0.29) is 24.5 Å². The third-order valence-corrected chi connectivity index (χ3v) is 6.71. The third kappa shape index (κ3) is 9.45. The Bertz CT molecular complexity index is 1290. The van der Waals surface area contributed by atoms with Crippen LogP contribution in [-0.2, 0) is 36.5 Å². The summed E-state index contributed by atoms with van der Waals surface area (Å²) in [4.78, 5) is 36.0. The number of fused-ring (bicyclic) bond motifs is 1. The Morgan fingerprint density at radius 1 is 1.03 bits per heavy atom. The maximum absolute atomic E-state index is 12.6. The molecule has 1 heterocycles. The van der Waals surface area contributed by atoms with E-state index in [1.165, 1.54) is 6.07 Å². The molecule has 0 spiro atoms. The molecule has 2 unspecified atom stereocenters. The molecule has 39 heavy (non-hydrogen) atoms. The molecule has 0 radical (unpaired) electrons. The molecule has 0 aromatic heterocycles. The van der Waals surface area contributed by atoms with Crippen molar-refractivity contribution in [1.29, 1.82) is 0 Å². The molecule has 13 heteroatoms. The van der Waals surface area contributed by atoms with Crippen LogP contribution in [0.15, 0.2) is 48.5 Å². The van der Waals surface area contributed by atoms with Crippen LogP contribution in [0.5, 0.6) is 11.5 Å². The fraction of sp³-hybridized carbons (Fsp3) is 0.423. The molecule has 0 bridgehead atoms. The molecule has 4 N–H and O–H groups in total. The Morgan fingerprint density at radius 3 is 2.36 bits per heavy atom. The lowest BCUT2D eigenvalue weighted by molar-refractivity contribution is -0.139. The number of sulfonamides is 1. The van der Waals surface area contributed by atoms with Crippen LogP contribution in [0.1, 0.15) is 38.8 Å². The molecule has 0 aliphatic carbocycles. The highest BCUT2D eigenvalue weighted by Crippen LogP contribution is 2.34. The number of carbonyl (C=O) groups is 3. The van der Waals surface area contributed by atoms with Gasteiger partial charge in [0.1, 0.15) is 18.2 Å². The number of aliphatic carboxylic acids is 1. The van der Waals surface area contributed by atoms with Crippen molar-refractivity contribution >= 4 is 28.0 Å². The Kier molecular flexibility index (Phi) is 9.41. The number of ether oxygens (including phenoxy) is 3. The molecular weight excluding hydrogens is 530 g/mol. The fourth-order valence-electron chi connectivity index (χ4n) is 3.65. The van der Waals surface area contributed by atoms with Gasteiger partial charge >= 0.3 is 12.1 Å². The molecule has 212 valence electrons. The molecule has 0 saturated carbocycles. The maximum atomic E-state index is 12.6. The van der Waals surface area contributed by atoms with Crippen LogP contribution in [-0.4, -0.2) is 62.0 Å². The minimum atomic E-state index is -3.94. The van der Waals surface area contributed by atoms with Gasteiger partial charge in [-0.25, -0.2) is 17.9 Å². The van der Waals surface area contributed by atoms with Gasteiger partial charge in [0.05, 0.1) is 5.75 Å². The van der Waals surface area contributed by atoms with Gasteiger partial charge in [-0.3, -0.25) is 9.59 Å². The van der Waals surface area contributed by atoms with E-state index >= 15 is 0 Å². The average molecular weight is 564 g/mol. The minimum absolute atomic E-state index is 0.160. The quantitative estimate of drug-likeness (QED) is 0.337. The number of amides is 2. The SMILES string of the molecule is CC1Oc2ccc(C[C@H](NS(=O)(=O)Cc3ccccc3)C(=O)O)cc2OC1NC(=O)CNC(=O)OC(C)(C)C. The average Bonchev–Trinajstić information content (AvgIpc) is 2.82. The lowest BCUT2D eigenvalue weighted by Gasteiger charge is -2.32. The summed E-state index contributed by atoms with van der Waals surface area (Å²) in [5.74, 6) is -1.62. The van der Waals surface area contributed by atoms with Crippen molar-refractivity contribution in [3.05, 3.63) is 59.7 Å². The minimum Gasteiger partial charge on any atom is -0.481 e. The largest absolute Gasteiger partial charge is 0.481 e. The Hall–Kier alpha value is -3.84. The summed E-state index contributed by atoms with van der Waals surface area (Å²) in [7, 11) is -3.94. The third-order valence-electron chi connectivity index (χ3n) is 5.36. The smallest absolute Gasteiger partial charge is 0.408 e. The van der Waals surface area contributed by atoms with E-state index in [2.05, 4.69) is 15.4 Å². The van der Waals surface area contributed by atoms with Crippen LogP contribution >= 0.6 is 0 Å². The number of hydrogen-bond donors (Lipinski definition) is 4. The summed E-state index contributed by atoms with van der Waals surface area (Å²) in [6, 6.07) is 11.7. The van der Waals surface area contributed by atoms with E-state index in [0.29, 0.717) is 16.9 Å². The van der Waals surface area contributed by atoms with Gasteiger partial charge in [0.25, 0.3) is 0 Å². The van der Waals surface area contributed by atoms with Gasteiger partial charge in [0, 0.05) is 0 Å². The predicted octanol–water partition coefficient (Wildman–Crippen LogP) is 1.93. The molecule has 1 aliphatic heterocycles. The van der Waals surface area contributed by atoms with Gasteiger partial charge in [0.2, 0.25) is 22.2 Å². The molecule has 2 amide bonds. The Morgan fingerprint density at radius 2 is 1.72 bits per heavy atom. The van der Waals surface area contributed by atoms with Gasteiger partial charge in [-0.2, -0.15) is 0 Å². The molecule has 2 aromatic rings. The molecule has 3 rings (SSSR count). The van der Waals surface area contributed by atoms with Crippen LogP contribution < -0.4 is 24.8 Å². The van der Waals surface area contributed by atoms with Crippen molar-refractivity contribution in [1.82, 2.24) is 15.4 Å². The molecular formula is C26H33N3O9S. The lowest BCUT2D eigenvalue weighted by atomic mass is 10.1. The maximum Gasteiger partial charge on any atom is 0.408 e. The normalized spacial score (nSPS) is 17.5. The summed E-state index contributed by atoms with van der Waals surface area (Å²) in [6.45, 7) is 6.44. The highest BCUT2D eigenvalue weighted by molar-refractivity contribution is 7.88. The van der Waals surface area contributed by atoms with Gasteiger partial charge in [-0.1, -0.05) is 36.4 Å². The summed E-state index contributed by atoms with van der Waals surface area (Å²) < 4.78 is 44.2. The number of carboxylic acids is 1. The number of nitrogens with one attached hydrogen (secondary N) is 3. The molecule has 0 fully saturated rings. The zero-order valence-electron chi connectivity index (χ0n) is 22.1. The topological polar surface area (TPSA) is 169 Å². The number of hydrogen-bond acceptors (Lipinski definition) is 8. The second kappa shape index (κ2) is 12.3. The number of carboxylic acid groups (broad SMARTS) is 1. The van der Waals surface area contributed by atoms with Gasteiger partial charge in [0.15, 0.2) is 17.6 Å². The van der Waals surface area contributed by atoms with Crippen molar-refractivity contribution in [3.8, 4) is 11.5 Å². The van der Waals surface area contributed by atoms with Crippen molar-refractivity contribution in [2.45, 2.75) is 63.8 Å². The molecule has 3 atom stereocenters. The number of benzene rings is 2. The van der Waals surface area contributed by atoms with E-state index in [0.717, 1.165) is 0 Å². The molecule has 1 aliphatic rings. The number of alkyl carbamates (subject to hydrolysis) is 1. The standard InChI is InChI=1S/C26H33N3O9S/c1-16-23(28-22(30)14-27-25(33)38-26(2,3)4)37-21-13-18(10-11-20(21)36-16)12-19(24(31)32)29-39(34,35)15-17-8-6-5-7-9-17/h5-11,13,16,19,23,29H,12,14-15H2,1-4H3,(H,27,33)(H,28,30)(H,31,32)/t16?,19-,23?/m0/s1. The first-order valence-electron chi connectivity index (χ1n) is 12.2. The summed E-state index contributed by atoms with van der Waals surface area (Å²) in [5, 5.41) is 14.6. The second-order valence-electron chi connectivity index (χ2n) is 10.0. The zero-order chi connectivity index (χ0) is 28.8. The van der Waals surface area contributed by atoms with Crippen LogP contribution in [0.2, 0.25) is 0 Å². The van der Waals surface area contributed by atoms with Crippen molar-refractivity contribution in [2.24, 2.45) is 0 Å². The van der Waals surface area contributed by atoms with Crippen LogP contribution in [0.4, 0.5) is 4.79 Å². The zero-order valence-corrected chi connectivity index (χ0v) is 22.9. The van der Waals surface area contributed by atoms with Crippen LogP contribution in [0, 0.1) is 0 Å². The van der Waals surface area contributed by atoms with Gasteiger partial charge in [-0.15, -0.1) is 0 Å². The number of carbonyl (C=O) groups excluding carboxylic acids is 2. The Labute approximate surface area is 227 Å². The highest BCUT2D eigenvalue weighted by atomic mass is 32.2. The van der Waals surface area contributed by atoms with Crippen molar-refractivity contribution in [2.75, 3.05) is 6.54 Å². The summed E-state index contributed by atoms with van der Waals surface area (Å²) in [6.07, 6.45) is -2.38. The van der Waals surface area contributed by atoms with E-state index in [9.17, 15) is 27.9 Å². The monoisotopic (exact) mass is 563 g/mol. The van der Waals surface area contributed by atoms with E-state index in [1.807, 2.05) is 0 Å². The summed E-state index contributed by atoms with van der Waals surface area (Å²) >= 11 is 0. The second-order valence-corrected chi connectivity index (χ2v) is 11.8. The first-order valence-corrected chi connectivity index (χ1v) is 13.9. The summed E-state index contributed by atoms with van der Waals surface area (Å²) in [5.41, 5.74) is 0.285. The van der Waals surface area contributed by atoms with Crippen LogP contribution in [0.25, 0.3) is 0 Å². The molecule has 12 nitrogen and oxygen atoms in total. The number of rotatable bonds is 10. The van der Waals surface area contributed by atoms with Gasteiger partial charge in [-0.05, 0) is 57.4 Å². The van der Waals surface area contributed by atoms with Crippen molar-refractivity contribution in [3.63, 3.8) is 0 Å². The fourth-order valence-corrected chi connectivity index (χ4v) is 4.99. The highest BCUT2D eigenvalue weighted by Gasteiger charge is 2.31. The Balaban J connectivity index is 1.63. The first kappa shape index (κ1) is 29.7. The predicted molar refractivity (Wildman–Crippen MR) is 141 cm³/mol.